The molecule has 6 heteroatoms. The van der Waals surface area contributed by atoms with E-state index in [1.807, 2.05) is 30.3 Å². The van der Waals surface area contributed by atoms with Crippen molar-refractivity contribution in [3.8, 4) is 5.75 Å². The number of pyridine rings is 1. The second-order valence-electron chi connectivity index (χ2n) is 7.64. The van der Waals surface area contributed by atoms with E-state index in [-0.39, 0.29) is 24.1 Å². The highest BCUT2D eigenvalue weighted by atomic mass is 32.1. The number of ether oxygens (including phenoxy) is 1. The van der Waals surface area contributed by atoms with Gasteiger partial charge in [-0.2, -0.15) is 0 Å². The van der Waals surface area contributed by atoms with Crippen LogP contribution in [0.3, 0.4) is 0 Å². The predicted molar refractivity (Wildman–Crippen MR) is 110 cm³/mol. The third-order valence-electron chi connectivity index (χ3n) is 5.86. The number of amides is 1. The van der Waals surface area contributed by atoms with Crippen molar-refractivity contribution in [2.45, 2.75) is 57.2 Å². The zero-order valence-corrected chi connectivity index (χ0v) is 16.7. The number of thiazole rings is 1. The molecule has 1 aromatic carbocycles. The van der Waals surface area contributed by atoms with Gasteiger partial charge in [0.2, 0.25) is 0 Å². The first-order chi connectivity index (χ1) is 13.7. The van der Waals surface area contributed by atoms with Crippen LogP contribution in [-0.2, 0) is 6.42 Å². The minimum Gasteiger partial charge on any atom is -0.490 e. The fourth-order valence-corrected chi connectivity index (χ4v) is 5.52. The van der Waals surface area contributed by atoms with Crippen molar-refractivity contribution in [2.75, 3.05) is 0 Å². The second-order valence-corrected chi connectivity index (χ2v) is 8.75. The fourth-order valence-electron chi connectivity index (χ4n) is 4.57. The second kappa shape index (κ2) is 7.17. The van der Waals surface area contributed by atoms with Crippen molar-refractivity contribution >= 4 is 27.5 Å². The summed E-state index contributed by atoms with van der Waals surface area (Å²) in [5.41, 5.74) is 1.77. The van der Waals surface area contributed by atoms with E-state index in [0.717, 1.165) is 58.6 Å². The van der Waals surface area contributed by atoms with Crippen LogP contribution in [-0.4, -0.2) is 39.0 Å². The molecule has 0 radical (unpaired) electrons. The highest BCUT2D eigenvalue weighted by Gasteiger charge is 2.44. The van der Waals surface area contributed by atoms with Crippen LogP contribution < -0.4 is 4.74 Å². The molecule has 0 spiro atoms. The van der Waals surface area contributed by atoms with E-state index in [2.05, 4.69) is 21.8 Å². The third-order valence-corrected chi connectivity index (χ3v) is 7.02. The van der Waals surface area contributed by atoms with Crippen molar-refractivity contribution in [1.82, 2.24) is 14.9 Å². The molecule has 2 saturated heterocycles. The SMILES string of the molecule is CCc1nc2ccc(C(=O)N3C4CCC3CC(Oc3ccncc3)C4)cc2s1. The highest BCUT2D eigenvalue weighted by Crippen LogP contribution is 2.38. The van der Waals surface area contributed by atoms with Crippen LogP contribution in [0.1, 0.15) is 48.0 Å². The predicted octanol–water partition coefficient (Wildman–Crippen LogP) is 4.47. The number of aromatic nitrogens is 2. The largest absolute Gasteiger partial charge is 0.490 e. The van der Waals surface area contributed by atoms with Crippen molar-refractivity contribution in [1.29, 1.82) is 0 Å². The molecule has 2 aliphatic rings. The number of carbonyl (C=O) groups excluding carboxylic acids is 1. The molecule has 4 heterocycles. The van der Waals surface area contributed by atoms with Crippen LogP contribution in [0.2, 0.25) is 0 Å². The molecule has 3 aromatic rings. The van der Waals surface area contributed by atoms with Crippen LogP contribution in [0.5, 0.6) is 5.75 Å². The molecule has 5 nitrogen and oxygen atoms in total. The monoisotopic (exact) mass is 393 g/mol. The average Bonchev–Trinajstić information content (AvgIpc) is 3.25. The maximum Gasteiger partial charge on any atom is 0.254 e. The molecule has 2 aliphatic heterocycles. The molecule has 2 aromatic heterocycles. The van der Waals surface area contributed by atoms with Gasteiger partial charge in [0.1, 0.15) is 11.9 Å². The number of piperidine rings is 1. The van der Waals surface area contributed by atoms with Gasteiger partial charge in [0.25, 0.3) is 5.91 Å². The van der Waals surface area contributed by atoms with Gasteiger partial charge in [0, 0.05) is 42.9 Å². The summed E-state index contributed by atoms with van der Waals surface area (Å²) in [6.45, 7) is 2.11. The van der Waals surface area contributed by atoms with Gasteiger partial charge < -0.3 is 9.64 Å². The van der Waals surface area contributed by atoms with Gasteiger partial charge >= 0.3 is 0 Å². The number of hydrogen-bond acceptors (Lipinski definition) is 5. The minimum absolute atomic E-state index is 0.156. The van der Waals surface area contributed by atoms with Gasteiger partial charge in [-0.25, -0.2) is 4.98 Å². The number of fused-ring (bicyclic) bond motifs is 3. The van der Waals surface area contributed by atoms with Gasteiger partial charge in [-0.1, -0.05) is 6.92 Å². The maximum absolute atomic E-state index is 13.3. The highest BCUT2D eigenvalue weighted by molar-refractivity contribution is 7.18. The summed E-state index contributed by atoms with van der Waals surface area (Å²) >= 11 is 1.69. The zero-order chi connectivity index (χ0) is 19.1. The van der Waals surface area contributed by atoms with E-state index in [4.69, 9.17) is 4.74 Å². The van der Waals surface area contributed by atoms with Gasteiger partial charge in [0.05, 0.1) is 15.2 Å². The Morgan fingerprint density at radius 1 is 1.18 bits per heavy atom. The Morgan fingerprint density at radius 3 is 2.64 bits per heavy atom. The van der Waals surface area contributed by atoms with Crippen molar-refractivity contribution in [3.63, 3.8) is 0 Å². The van der Waals surface area contributed by atoms with Crippen LogP contribution >= 0.6 is 11.3 Å². The number of rotatable bonds is 4. The van der Waals surface area contributed by atoms with Crippen LogP contribution in [0.15, 0.2) is 42.7 Å². The number of benzene rings is 1. The molecular weight excluding hydrogens is 370 g/mol. The number of aryl methyl sites for hydroxylation is 1. The van der Waals surface area contributed by atoms with E-state index >= 15 is 0 Å². The molecule has 2 unspecified atom stereocenters. The fraction of sp³-hybridized carbons (Fsp3) is 0.409. The summed E-state index contributed by atoms with van der Waals surface area (Å²) in [6, 6.07) is 10.3. The smallest absolute Gasteiger partial charge is 0.254 e. The quantitative estimate of drug-likeness (QED) is 0.656. The van der Waals surface area contributed by atoms with Gasteiger partial charge in [-0.05, 0) is 49.6 Å². The maximum atomic E-state index is 13.3. The number of nitrogens with zero attached hydrogens (tertiary/aromatic N) is 3. The van der Waals surface area contributed by atoms with Crippen molar-refractivity contribution < 1.29 is 9.53 Å². The summed E-state index contributed by atoms with van der Waals surface area (Å²) in [4.78, 5) is 24.1. The van der Waals surface area contributed by atoms with Crippen LogP contribution in [0.25, 0.3) is 10.2 Å². The molecule has 0 saturated carbocycles. The Bertz CT molecular complexity index is 989. The van der Waals surface area contributed by atoms with E-state index in [1.165, 1.54) is 0 Å². The van der Waals surface area contributed by atoms with Gasteiger partial charge in [-0.15, -0.1) is 11.3 Å². The van der Waals surface area contributed by atoms with Crippen molar-refractivity contribution in [2.24, 2.45) is 0 Å². The first-order valence-corrected chi connectivity index (χ1v) is 10.8. The number of carbonyl (C=O) groups is 1. The van der Waals surface area contributed by atoms with E-state index < -0.39 is 0 Å². The molecule has 2 bridgehead atoms. The van der Waals surface area contributed by atoms with Crippen LogP contribution in [0, 0.1) is 0 Å². The van der Waals surface area contributed by atoms with E-state index in [0.29, 0.717) is 0 Å². The standard InChI is InChI=1S/C22H23N3O2S/c1-2-21-24-19-6-3-14(11-20(19)28-21)22(26)25-15-4-5-16(25)13-18(12-15)27-17-7-9-23-10-8-17/h3,6-11,15-16,18H,2,4-5,12-13H2,1H3. The summed E-state index contributed by atoms with van der Waals surface area (Å²) < 4.78 is 7.26. The molecule has 144 valence electrons. The number of hydrogen-bond donors (Lipinski definition) is 0. The topological polar surface area (TPSA) is 55.3 Å². The average molecular weight is 394 g/mol. The molecule has 0 N–H and O–H groups in total. The lowest BCUT2D eigenvalue weighted by Crippen LogP contribution is -2.49. The molecule has 0 aliphatic carbocycles. The summed E-state index contributed by atoms with van der Waals surface area (Å²) in [5, 5.41) is 1.12. The Hall–Kier alpha value is -2.47. The van der Waals surface area contributed by atoms with Crippen LogP contribution in [0.4, 0.5) is 0 Å². The lowest BCUT2D eigenvalue weighted by Gasteiger charge is -2.39. The lowest BCUT2D eigenvalue weighted by molar-refractivity contribution is 0.0359. The zero-order valence-electron chi connectivity index (χ0n) is 15.9. The molecule has 5 rings (SSSR count). The molecular formula is C22H23N3O2S. The van der Waals surface area contributed by atoms with Crippen molar-refractivity contribution in [3.05, 3.63) is 53.3 Å². The molecule has 2 atom stereocenters. The third kappa shape index (κ3) is 3.15. The molecule has 1 amide bonds. The van der Waals surface area contributed by atoms with E-state index in [9.17, 15) is 4.79 Å². The van der Waals surface area contributed by atoms with E-state index in [1.54, 1.807) is 23.7 Å². The Morgan fingerprint density at radius 2 is 1.93 bits per heavy atom. The Balaban J connectivity index is 1.34. The summed E-state index contributed by atoms with van der Waals surface area (Å²) in [5.74, 6) is 1.02. The molecule has 28 heavy (non-hydrogen) atoms. The first kappa shape index (κ1) is 17.6. The Labute approximate surface area is 168 Å². The first-order valence-electron chi connectivity index (χ1n) is 10.00. The van der Waals surface area contributed by atoms with Gasteiger partial charge in [-0.3, -0.25) is 9.78 Å². The minimum atomic E-state index is 0.156. The Kier molecular flexibility index (Phi) is 4.51. The van der Waals surface area contributed by atoms with Gasteiger partial charge in [0.15, 0.2) is 0 Å². The molecule has 2 fully saturated rings. The lowest BCUT2D eigenvalue weighted by atomic mass is 9.98. The summed E-state index contributed by atoms with van der Waals surface area (Å²) in [6.07, 6.45) is 8.52. The summed E-state index contributed by atoms with van der Waals surface area (Å²) in [7, 11) is 0. The normalized spacial score (nSPS) is 23.9.